The number of nitrogens with one attached hydrogen (secondary N) is 1. The van der Waals surface area contributed by atoms with Crippen LogP contribution < -0.4 is 11.1 Å². The summed E-state index contributed by atoms with van der Waals surface area (Å²) in [6.07, 6.45) is 1.81. The lowest BCUT2D eigenvalue weighted by molar-refractivity contribution is 0.867. The highest BCUT2D eigenvalue weighted by Gasteiger charge is 2.03. The number of hydrogen-bond acceptors (Lipinski definition) is 2. The van der Waals surface area contributed by atoms with Gasteiger partial charge in [0.25, 0.3) is 0 Å². The third-order valence-corrected chi connectivity index (χ3v) is 3.98. The van der Waals surface area contributed by atoms with Gasteiger partial charge in [-0.15, -0.1) is 24.0 Å². The predicted molar refractivity (Wildman–Crippen MR) is 117 cm³/mol. The molecule has 0 saturated heterocycles. The van der Waals surface area contributed by atoms with Gasteiger partial charge in [0.2, 0.25) is 0 Å². The molecule has 1 aromatic heterocycles. The van der Waals surface area contributed by atoms with Crippen LogP contribution in [-0.2, 0) is 6.54 Å². The lowest BCUT2D eigenvalue weighted by Gasteiger charge is -2.10. The van der Waals surface area contributed by atoms with E-state index in [-0.39, 0.29) is 24.0 Å². The first-order chi connectivity index (χ1) is 11.6. The van der Waals surface area contributed by atoms with E-state index in [0.29, 0.717) is 18.4 Å². The molecule has 0 spiro atoms. The largest absolute Gasteiger partial charge is 0.370 e. The van der Waals surface area contributed by atoms with Gasteiger partial charge in [-0.05, 0) is 35.1 Å². The molecule has 3 aromatic rings. The van der Waals surface area contributed by atoms with E-state index in [2.05, 4.69) is 53.4 Å². The fourth-order valence-corrected chi connectivity index (χ4v) is 2.63. The third-order valence-electron chi connectivity index (χ3n) is 3.98. The first-order valence-electron chi connectivity index (χ1n) is 8.13. The van der Waals surface area contributed by atoms with Crippen molar-refractivity contribution in [2.75, 3.05) is 5.32 Å². The Kier molecular flexibility index (Phi) is 6.75. The van der Waals surface area contributed by atoms with Crippen molar-refractivity contribution in [1.82, 2.24) is 4.98 Å². The summed E-state index contributed by atoms with van der Waals surface area (Å²) in [7, 11) is 0. The van der Waals surface area contributed by atoms with Crippen LogP contribution in [0.2, 0.25) is 0 Å². The van der Waals surface area contributed by atoms with Crippen LogP contribution in [0.5, 0.6) is 0 Å². The molecule has 4 nitrogen and oxygen atoms in total. The molecule has 25 heavy (non-hydrogen) atoms. The molecule has 3 N–H and O–H groups in total. The minimum atomic E-state index is 0. The highest BCUT2D eigenvalue weighted by molar-refractivity contribution is 14.0. The molecule has 0 aliphatic heterocycles. The Bertz CT molecular complexity index is 869. The number of halogens is 1. The highest BCUT2D eigenvalue weighted by atomic mass is 127. The molecular weight excluding hydrogens is 423 g/mol. The summed E-state index contributed by atoms with van der Waals surface area (Å²) < 4.78 is 0. The van der Waals surface area contributed by atoms with Crippen LogP contribution in [0.4, 0.5) is 5.69 Å². The molecule has 5 heteroatoms. The predicted octanol–water partition coefficient (Wildman–Crippen LogP) is 4.90. The zero-order valence-corrected chi connectivity index (χ0v) is 16.8. The number of nitrogens with zero attached hydrogens (tertiary/aromatic N) is 2. The average Bonchev–Trinajstić information content (AvgIpc) is 2.60. The van der Waals surface area contributed by atoms with Crippen LogP contribution in [0.25, 0.3) is 10.8 Å². The van der Waals surface area contributed by atoms with Crippen LogP contribution in [0.1, 0.15) is 31.0 Å². The molecule has 2 aromatic carbocycles. The van der Waals surface area contributed by atoms with Gasteiger partial charge in [-0.1, -0.05) is 50.2 Å². The number of pyridine rings is 1. The maximum atomic E-state index is 6.03. The normalized spacial score (nSPS) is 11.4. The van der Waals surface area contributed by atoms with Gasteiger partial charge in [0.05, 0.1) is 12.2 Å². The molecule has 3 rings (SSSR count). The van der Waals surface area contributed by atoms with Gasteiger partial charge in [-0.25, -0.2) is 4.99 Å². The van der Waals surface area contributed by atoms with E-state index in [1.54, 1.807) is 0 Å². The van der Waals surface area contributed by atoms with Gasteiger partial charge in [0.1, 0.15) is 0 Å². The van der Waals surface area contributed by atoms with Gasteiger partial charge in [-0.2, -0.15) is 0 Å². The summed E-state index contributed by atoms with van der Waals surface area (Å²) in [6, 6.07) is 18.4. The fourth-order valence-electron chi connectivity index (χ4n) is 2.63. The van der Waals surface area contributed by atoms with Crippen LogP contribution in [0, 0.1) is 0 Å². The minimum Gasteiger partial charge on any atom is -0.370 e. The Balaban J connectivity index is 0.00000225. The van der Waals surface area contributed by atoms with Gasteiger partial charge >= 0.3 is 0 Å². The first kappa shape index (κ1) is 19.2. The third kappa shape index (κ3) is 4.92. The summed E-state index contributed by atoms with van der Waals surface area (Å²) in [6.45, 7) is 4.79. The van der Waals surface area contributed by atoms with Crippen molar-refractivity contribution < 1.29 is 0 Å². The van der Waals surface area contributed by atoms with Crippen LogP contribution in [-0.4, -0.2) is 10.9 Å². The smallest absolute Gasteiger partial charge is 0.193 e. The van der Waals surface area contributed by atoms with Crippen molar-refractivity contribution >= 4 is 46.4 Å². The van der Waals surface area contributed by atoms with Crippen molar-refractivity contribution in [3.63, 3.8) is 0 Å². The quantitative estimate of drug-likeness (QED) is 0.340. The van der Waals surface area contributed by atoms with Crippen molar-refractivity contribution in [2.45, 2.75) is 26.3 Å². The molecular formula is C20H23IN4. The highest BCUT2D eigenvalue weighted by Crippen LogP contribution is 2.19. The molecule has 0 bridgehead atoms. The maximum absolute atomic E-state index is 6.03. The summed E-state index contributed by atoms with van der Waals surface area (Å²) in [5.41, 5.74) is 9.18. The van der Waals surface area contributed by atoms with Gasteiger partial charge < -0.3 is 11.1 Å². The Hall–Kier alpha value is -2.15. The first-order valence-corrected chi connectivity index (χ1v) is 8.13. The zero-order valence-electron chi connectivity index (χ0n) is 14.4. The summed E-state index contributed by atoms with van der Waals surface area (Å²) in [5, 5.41) is 5.43. The average molecular weight is 446 g/mol. The Morgan fingerprint density at radius 3 is 2.72 bits per heavy atom. The minimum absolute atomic E-state index is 0. The Morgan fingerprint density at radius 1 is 1.12 bits per heavy atom. The molecule has 1 heterocycles. The number of rotatable bonds is 4. The number of guanidine groups is 1. The van der Waals surface area contributed by atoms with Gasteiger partial charge in [0.15, 0.2) is 5.96 Å². The standard InChI is InChI=1S/C20H22N4.HI/c1-14(2)16-7-5-8-17(12-16)24-20(21)23-13-19-18-9-4-3-6-15(18)10-11-22-19;/h3-12,14H,13H2,1-2H3,(H3,21,23,24);1H. The number of anilines is 1. The monoisotopic (exact) mass is 446 g/mol. The van der Waals surface area contributed by atoms with E-state index >= 15 is 0 Å². The zero-order chi connectivity index (χ0) is 16.9. The number of fused-ring (bicyclic) bond motifs is 1. The fraction of sp³-hybridized carbons (Fsp3) is 0.200. The van der Waals surface area contributed by atoms with Crippen molar-refractivity contribution in [3.05, 3.63) is 72.1 Å². The molecule has 0 amide bonds. The number of aliphatic imine (C=N–C) groups is 1. The van der Waals surface area contributed by atoms with Crippen LogP contribution >= 0.6 is 24.0 Å². The molecule has 0 atom stereocenters. The van der Waals surface area contributed by atoms with E-state index in [1.165, 1.54) is 5.56 Å². The van der Waals surface area contributed by atoms with E-state index in [0.717, 1.165) is 22.2 Å². The van der Waals surface area contributed by atoms with Crippen LogP contribution in [0.15, 0.2) is 65.8 Å². The van der Waals surface area contributed by atoms with Crippen molar-refractivity contribution in [3.8, 4) is 0 Å². The van der Waals surface area contributed by atoms with Crippen LogP contribution in [0.3, 0.4) is 0 Å². The van der Waals surface area contributed by atoms with Gasteiger partial charge in [0, 0.05) is 17.3 Å². The number of aromatic nitrogens is 1. The number of benzene rings is 2. The SMILES string of the molecule is CC(C)c1cccc(NC(N)=NCc2nccc3ccccc23)c1.I. The summed E-state index contributed by atoms with van der Waals surface area (Å²) in [5.74, 6) is 0.871. The molecule has 0 radical (unpaired) electrons. The molecule has 0 fully saturated rings. The lowest BCUT2D eigenvalue weighted by atomic mass is 10.0. The maximum Gasteiger partial charge on any atom is 0.193 e. The summed E-state index contributed by atoms with van der Waals surface area (Å²) in [4.78, 5) is 8.87. The molecule has 0 aliphatic carbocycles. The number of nitrogens with two attached hydrogens (primary N) is 1. The summed E-state index contributed by atoms with van der Waals surface area (Å²) >= 11 is 0. The second-order valence-electron chi connectivity index (χ2n) is 6.09. The molecule has 130 valence electrons. The van der Waals surface area contributed by atoms with E-state index in [4.69, 9.17) is 5.73 Å². The molecule has 0 unspecified atom stereocenters. The molecule has 0 aliphatic rings. The van der Waals surface area contributed by atoms with Gasteiger partial charge in [-0.3, -0.25) is 4.98 Å². The van der Waals surface area contributed by atoms with Crippen molar-refractivity contribution in [1.29, 1.82) is 0 Å². The topological polar surface area (TPSA) is 63.3 Å². The Morgan fingerprint density at radius 2 is 1.92 bits per heavy atom. The number of hydrogen-bond donors (Lipinski definition) is 2. The van der Waals surface area contributed by atoms with E-state index < -0.39 is 0 Å². The lowest BCUT2D eigenvalue weighted by Crippen LogP contribution is -2.22. The van der Waals surface area contributed by atoms with Crippen molar-refractivity contribution in [2.24, 2.45) is 10.7 Å². The Labute approximate surface area is 165 Å². The van der Waals surface area contributed by atoms with E-state index in [1.807, 2.05) is 36.5 Å². The molecule has 0 saturated carbocycles. The second-order valence-corrected chi connectivity index (χ2v) is 6.09. The van der Waals surface area contributed by atoms with E-state index in [9.17, 15) is 0 Å². The second kappa shape index (κ2) is 8.80.